The zero-order valence-electron chi connectivity index (χ0n) is 11.6. The fraction of sp³-hybridized carbons (Fsp3) is 0.647. The number of rotatable bonds is 5. The molecule has 1 aromatic carbocycles. The minimum absolute atomic E-state index is 0.200. The summed E-state index contributed by atoms with van der Waals surface area (Å²) in [5.41, 5.74) is 1.30. The van der Waals surface area contributed by atoms with Crippen molar-refractivity contribution >= 4 is 0 Å². The van der Waals surface area contributed by atoms with Crippen LogP contribution in [0.4, 0.5) is 0 Å². The van der Waals surface area contributed by atoms with Crippen molar-refractivity contribution in [2.24, 2.45) is 0 Å². The summed E-state index contributed by atoms with van der Waals surface area (Å²) in [4.78, 5) is 0. The molecule has 1 aliphatic carbocycles. The van der Waals surface area contributed by atoms with Crippen molar-refractivity contribution in [2.75, 3.05) is 0 Å². The van der Waals surface area contributed by atoms with Gasteiger partial charge in [0.05, 0.1) is 0 Å². The van der Waals surface area contributed by atoms with Crippen LogP contribution in [0.25, 0.3) is 0 Å². The van der Waals surface area contributed by atoms with Gasteiger partial charge in [0.15, 0.2) is 5.75 Å². The summed E-state index contributed by atoms with van der Waals surface area (Å²) < 4.78 is 0. The van der Waals surface area contributed by atoms with Crippen LogP contribution in [0.5, 0.6) is 5.75 Å². The molecule has 0 saturated heterocycles. The number of benzene rings is 1. The Morgan fingerprint density at radius 2 is 1.78 bits per heavy atom. The number of hydrogen-bond donors (Lipinski definition) is 0. The van der Waals surface area contributed by atoms with Crippen LogP contribution in [0.15, 0.2) is 24.3 Å². The molecule has 1 radical (unpaired) electrons. The zero-order valence-corrected chi connectivity index (χ0v) is 11.6. The van der Waals surface area contributed by atoms with Gasteiger partial charge in [-0.05, 0) is 30.7 Å². The SMILES string of the molecule is CCCCCC1(c2ccccc2[O])CCCCC1. The van der Waals surface area contributed by atoms with Crippen LogP contribution in [-0.4, -0.2) is 0 Å². The molecule has 1 heteroatoms. The van der Waals surface area contributed by atoms with E-state index in [0.717, 1.165) is 5.56 Å². The molecule has 1 fully saturated rings. The Labute approximate surface area is 111 Å². The second-order valence-electron chi connectivity index (χ2n) is 5.79. The van der Waals surface area contributed by atoms with Gasteiger partial charge in [-0.3, -0.25) is 5.11 Å². The molecule has 0 heterocycles. The second kappa shape index (κ2) is 6.26. The van der Waals surface area contributed by atoms with Gasteiger partial charge in [0.2, 0.25) is 0 Å². The van der Waals surface area contributed by atoms with Crippen LogP contribution in [0, 0.1) is 0 Å². The third-order valence-corrected chi connectivity index (χ3v) is 4.53. The Kier molecular flexibility index (Phi) is 4.68. The molecule has 0 amide bonds. The molecule has 1 saturated carbocycles. The van der Waals surface area contributed by atoms with Gasteiger partial charge in [0.25, 0.3) is 0 Å². The standard InChI is InChI=1S/C17H25O/c1-2-3-7-12-17(13-8-4-9-14-17)15-10-5-6-11-16(15)18/h5-6,10-11H,2-4,7-9,12-14H2,1H3. The molecule has 1 nitrogen and oxygen atoms in total. The second-order valence-corrected chi connectivity index (χ2v) is 5.79. The molecular weight excluding hydrogens is 220 g/mol. The molecule has 0 atom stereocenters. The van der Waals surface area contributed by atoms with E-state index in [1.807, 2.05) is 12.1 Å². The maximum Gasteiger partial charge on any atom is 0.182 e. The van der Waals surface area contributed by atoms with Gasteiger partial charge in [-0.15, -0.1) is 0 Å². The molecule has 0 N–H and O–H groups in total. The lowest BCUT2D eigenvalue weighted by molar-refractivity contribution is 0.249. The third kappa shape index (κ3) is 2.88. The van der Waals surface area contributed by atoms with E-state index in [0.29, 0.717) is 0 Å². The van der Waals surface area contributed by atoms with Gasteiger partial charge < -0.3 is 0 Å². The van der Waals surface area contributed by atoms with Crippen LogP contribution in [-0.2, 0) is 10.5 Å². The largest absolute Gasteiger partial charge is 0.290 e. The summed E-state index contributed by atoms with van der Waals surface area (Å²) >= 11 is 0. The van der Waals surface area contributed by atoms with E-state index >= 15 is 0 Å². The lowest BCUT2D eigenvalue weighted by atomic mass is 9.66. The Morgan fingerprint density at radius 1 is 1.06 bits per heavy atom. The highest BCUT2D eigenvalue weighted by molar-refractivity contribution is 5.38. The van der Waals surface area contributed by atoms with Gasteiger partial charge in [-0.2, -0.15) is 0 Å². The maximum atomic E-state index is 12.2. The van der Waals surface area contributed by atoms with Crippen molar-refractivity contribution < 1.29 is 5.11 Å². The van der Waals surface area contributed by atoms with Gasteiger partial charge in [-0.1, -0.05) is 63.6 Å². The molecule has 0 unspecified atom stereocenters. The highest BCUT2D eigenvalue weighted by atomic mass is 16.3. The monoisotopic (exact) mass is 245 g/mol. The fourth-order valence-corrected chi connectivity index (χ4v) is 3.50. The molecule has 0 bridgehead atoms. The van der Waals surface area contributed by atoms with Crippen molar-refractivity contribution in [3.63, 3.8) is 0 Å². The zero-order chi connectivity index (χ0) is 12.8. The van der Waals surface area contributed by atoms with Gasteiger partial charge in [-0.25, -0.2) is 0 Å². The van der Waals surface area contributed by atoms with E-state index in [4.69, 9.17) is 0 Å². The van der Waals surface area contributed by atoms with E-state index in [9.17, 15) is 5.11 Å². The first kappa shape index (κ1) is 13.5. The highest BCUT2D eigenvalue weighted by Gasteiger charge is 2.35. The average Bonchev–Trinajstić information content (AvgIpc) is 2.40. The van der Waals surface area contributed by atoms with Crippen LogP contribution < -0.4 is 0 Å². The summed E-state index contributed by atoms with van der Waals surface area (Å²) in [5.74, 6) is 0.260. The predicted octanol–water partition coefficient (Wildman–Crippen LogP) is 5.61. The molecular formula is C17H25O. The molecule has 99 valence electrons. The van der Waals surface area contributed by atoms with E-state index in [2.05, 4.69) is 13.0 Å². The maximum absolute atomic E-state index is 12.2. The molecule has 1 aliphatic rings. The molecule has 0 aliphatic heterocycles. The number of hydrogen-bond acceptors (Lipinski definition) is 0. The van der Waals surface area contributed by atoms with Gasteiger partial charge >= 0.3 is 0 Å². The van der Waals surface area contributed by atoms with E-state index in [-0.39, 0.29) is 11.2 Å². The van der Waals surface area contributed by atoms with Crippen molar-refractivity contribution in [3.8, 4) is 5.75 Å². The van der Waals surface area contributed by atoms with Gasteiger partial charge in [0.1, 0.15) is 0 Å². The molecule has 0 spiro atoms. The predicted molar refractivity (Wildman–Crippen MR) is 75.5 cm³/mol. The van der Waals surface area contributed by atoms with Crippen LogP contribution in [0.2, 0.25) is 0 Å². The minimum Gasteiger partial charge on any atom is -0.290 e. The lowest BCUT2D eigenvalue weighted by Crippen LogP contribution is -2.29. The Bertz CT molecular complexity index is 364. The summed E-state index contributed by atoms with van der Waals surface area (Å²) in [7, 11) is 0. The molecule has 0 aromatic heterocycles. The van der Waals surface area contributed by atoms with E-state index in [1.165, 1.54) is 57.8 Å². The lowest BCUT2D eigenvalue weighted by Gasteiger charge is -2.38. The Balaban J connectivity index is 2.21. The van der Waals surface area contributed by atoms with Crippen molar-refractivity contribution in [2.45, 2.75) is 70.1 Å². The van der Waals surface area contributed by atoms with Crippen molar-refractivity contribution in [1.82, 2.24) is 0 Å². The van der Waals surface area contributed by atoms with Crippen molar-refractivity contribution in [1.29, 1.82) is 0 Å². The smallest absolute Gasteiger partial charge is 0.182 e. The first-order valence-electron chi connectivity index (χ1n) is 7.55. The van der Waals surface area contributed by atoms with Gasteiger partial charge in [0, 0.05) is 5.56 Å². The normalized spacial score (nSPS) is 18.7. The minimum atomic E-state index is 0.200. The van der Waals surface area contributed by atoms with Crippen molar-refractivity contribution in [3.05, 3.63) is 29.8 Å². The fourth-order valence-electron chi connectivity index (χ4n) is 3.50. The first-order valence-corrected chi connectivity index (χ1v) is 7.55. The number of para-hydroxylation sites is 1. The van der Waals surface area contributed by atoms with Crippen LogP contribution >= 0.6 is 0 Å². The Morgan fingerprint density at radius 3 is 2.44 bits per heavy atom. The third-order valence-electron chi connectivity index (χ3n) is 4.53. The summed E-state index contributed by atoms with van der Waals surface area (Å²) in [6.07, 6.45) is 11.4. The van der Waals surface area contributed by atoms with Crippen LogP contribution in [0.1, 0.15) is 70.3 Å². The number of unbranched alkanes of at least 4 members (excludes halogenated alkanes) is 2. The van der Waals surface area contributed by atoms with E-state index < -0.39 is 0 Å². The molecule has 18 heavy (non-hydrogen) atoms. The summed E-state index contributed by atoms with van der Waals surface area (Å²) in [6.45, 7) is 2.25. The average molecular weight is 245 g/mol. The van der Waals surface area contributed by atoms with Crippen LogP contribution in [0.3, 0.4) is 0 Å². The summed E-state index contributed by atoms with van der Waals surface area (Å²) in [6, 6.07) is 7.73. The summed E-state index contributed by atoms with van der Waals surface area (Å²) in [5, 5.41) is 12.2. The first-order chi connectivity index (χ1) is 8.78. The highest BCUT2D eigenvalue weighted by Crippen LogP contribution is 2.46. The topological polar surface area (TPSA) is 19.9 Å². The molecule has 2 rings (SSSR count). The van der Waals surface area contributed by atoms with E-state index in [1.54, 1.807) is 6.07 Å². The Hall–Kier alpha value is -0.980. The quantitative estimate of drug-likeness (QED) is 0.601. The molecule has 1 aromatic rings.